The topological polar surface area (TPSA) is 86.5 Å². The summed E-state index contributed by atoms with van der Waals surface area (Å²) in [6.45, 7) is 2.39. The molecule has 0 fully saturated rings. The highest BCUT2D eigenvalue weighted by Crippen LogP contribution is 2.29. The van der Waals surface area contributed by atoms with E-state index < -0.39 is 23.4 Å². The number of halogens is 3. The minimum Gasteiger partial charge on any atom is -0.478 e. The molecule has 0 radical (unpaired) electrons. The van der Waals surface area contributed by atoms with E-state index in [1.54, 1.807) is 42.9 Å². The lowest BCUT2D eigenvalue weighted by Gasteiger charge is -2.12. The van der Waals surface area contributed by atoms with Gasteiger partial charge in [-0.1, -0.05) is 18.2 Å². The van der Waals surface area contributed by atoms with Crippen molar-refractivity contribution in [3.8, 4) is 17.1 Å². The summed E-state index contributed by atoms with van der Waals surface area (Å²) in [4.78, 5) is 20.3. The first-order valence-corrected chi connectivity index (χ1v) is 12.8. The SMILES string of the molecule is COCCn1c(Cc2cc(F)c(-c3cccc(OCc4ccc(C)cc4F)n3)c(F)c2)nc2ccc(C(=O)O)cc21. The van der Waals surface area contributed by atoms with Crippen LogP contribution in [0.15, 0.2) is 66.7 Å². The van der Waals surface area contributed by atoms with E-state index >= 15 is 8.78 Å². The highest BCUT2D eigenvalue weighted by molar-refractivity contribution is 5.92. The number of carboxylic acids is 1. The van der Waals surface area contributed by atoms with E-state index in [0.29, 0.717) is 41.1 Å². The summed E-state index contributed by atoms with van der Waals surface area (Å²) in [7, 11) is 1.54. The largest absolute Gasteiger partial charge is 0.478 e. The normalized spacial score (nSPS) is 11.2. The Bertz CT molecular complexity index is 1730. The van der Waals surface area contributed by atoms with Crippen LogP contribution in [0.3, 0.4) is 0 Å². The molecule has 7 nitrogen and oxygen atoms in total. The van der Waals surface area contributed by atoms with Gasteiger partial charge in [0.1, 0.15) is 29.9 Å². The number of carbonyl (C=O) groups is 1. The molecular formula is C31H26F3N3O4. The molecule has 0 aliphatic rings. The highest BCUT2D eigenvalue weighted by atomic mass is 19.1. The second-order valence-electron chi connectivity index (χ2n) is 9.54. The molecule has 2 aromatic heterocycles. The number of nitrogens with zero attached hydrogens (tertiary/aromatic N) is 3. The number of aromatic nitrogens is 3. The molecule has 5 rings (SSSR count). The van der Waals surface area contributed by atoms with Crippen molar-refractivity contribution in [1.29, 1.82) is 0 Å². The fraction of sp³-hybridized carbons (Fsp3) is 0.194. The van der Waals surface area contributed by atoms with Crippen molar-refractivity contribution in [3.05, 3.63) is 112 Å². The third-order valence-corrected chi connectivity index (χ3v) is 6.62. The number of benzene rings is 3. The summed E-state index contributed by atoms with van der Waals surface area (Å²) in [6.07, 6.45) is 0.0909. The highest BCUT2D eigenvalue weighted by Gasteiger charge is 2.19. The summed E-state index contributed by atoms with van der Waals surface area (Å²) in [5, 5.41) is 9.39. The van der Waals surface area contributed by atoms with Crippen LogP contribution in [0.5, 0.6) is 5.88 Å². The Kier molecular flexibility index (Phi) is 8.02. The van der Waals surface area contributed by atoms with Gasteiger partial charge in [-0.15, -0.1) is 0 Å². The number of carboxylic acid groups (broad SMARTS) is 1. The molecule has 41 heavy (non-hydrogen) atoms. The second kappa shape index (κ2) is 11.8. The van der Waals surface area contributed by atoms with Crippen LogP contribution in [0, 0.1) is 24.4 Å². The Labute approximate surface area is 233 Å². The maximum Gasteiger partial charge on any atom is 0.335 e. The van der Waals surface area contributed by atoms with Crippen molar-refractivity contribution in [2.45, 2.75) is 26.5 Å². The van der Waals surface area contributed by atoms with Crippen molar-refractivity contribution in [1.82, 2.24) is 14.5 Å². The molecule has 0 bridgehead atoms. The first kappa shape index (κ1) is 27.9. The van der Waals surface area contributed by atoms with Gasteiger partial charge in [0.25, 0.3) is 0 Å². The maximum atomic E-state index is 15.3. The van der Waals surface area contributed by atoms with Crippen LogP contribution in [-0.2, 0) is 24.3 Å². The average molecular weight is 562 g/mol. The van der Waals surface area contributed by atoms with Crippen LogP contribution in [0.25, 0.3) is 22.3 Å². The van der Waals surface area contributed by atoms with Crippen LogP contribution in [-0.4, -0.2) is 39.3 Å². The van der Waals surface area contributed by atoms with Crippen LogP contribution < -0.4 is 4.74 Å². The summed E-state index contributed by atoms with van der Waals surface area (Å²) < 4.78 is 57.4. The number of aryl methyl sites for hydroxylation is 1. The Morgan fingerprint density at radius 3 is 2.44 bits per heavy atom. The number of imidazole rings is 1. The summed E-state index contributed by atoms with van der Waals surface area (Å²) in [6, 6.07) is 16.3. The number of fused-ring (bicyclic) bond motifs is 1. The minimum absolute atomic E-state index is 0.0296. The fourth-order valence-corrected chi connectivity index (χ4v) is 4.58. The molecule has 0 aliphatic carbocycles. The lowest BCUT2D eigenvalue weighted by atomic mass is 10.0. The van der Waals surface area contributed by atoms with Gasteiger partial charge in [0.05, 0.1) is 34.5 Å². The molecule has 3 aromatic carbocycles. The van der Waals surface area contributed by atoms with E-state index in [1.807, 2.05) is 0 Å². The smallest absolute Gasteiger partial charge is 0.335 e. The lowest BCUT2D eigenvalue weighted by molar-refractivity contribution is 0.0697. The fourth-order valence-electron chi connectivity index (χ4n) is 4.58. The van der Waals surface area contributed by atoms with Crippen LogP contribution in [0.1, 0.15) is 32.9 Å². The monoisotopic (exact) mass is 561 g/mol. The number of rotatable bonds is 10. The minimum atomic E-state index is -1.07. The Morgan fingerprint density at radius 2 is 1.73 bits per heavy atom. The molecule has 0 amide bonds. The Balaban J connectivity index is 1.41. The van der Waals surface area contributed by atoms with Gasteiger partial charge < -0.3 is 19.1 Å². The van der Waals surface area contributed by atoms with E-state index in [1.165, 1.54) is 42.5 Å². The molecule has 2 heterocycles. The summed E-state index contributed by atoms with van der Waals surface area (Å²) in [5.41, 5.74) is 2.40. The van der Waals surface area contributed by atoms with Crippen LogP contribution in [0.2, 0.25) is 0 Å². The summed E-state index contributed by atoms with van der Waals surface area (Å²) >= 11 is 0. The van der Waals surface area contributed by atoms with E-state index in [2.05, 4.69) is 9.97 Å². The predicted molar refractivity (Wildman–Crippen MR) is 146 cm³/mol. The summed E-state index contributed by atoms with van der Waals surface area (Å²) in [5.74, 6) is -2.52. The zero-order valence-electron chi connectivity index (χ0n) is 22.3. The zero-order chi connectivity index (χ0) is 29.1. The number of pyridine rings is 1. The maximum absolute atomic E-state index is 15.3. The zero-order valence-corrected chi connectivity index (χ0v) is 22.3. The second-order valence-corrected chi connectivity index (χ2v) is 9.54. The van der Waals surface area contributed by atoms with Gasteiger partial charge in [-0.3, -0.25) is 0 Å². The number of hydrogen-bond acceptors (Lipinski definition) is 5. The molecule has 10 heteroatoms. The van der Waals surface area contributed by atoms with E-state index in [0.717, 1.165) is 5.56 Å². The van der Waals surface area contributed by atoms with Crippen molar-refractivity contribution >= 4 is 17.0 Å². The van der Waals surface area contributed by atoms with Crippen molar-refractivity contribution in [2.75, 3.05) is 13.7 Å². The molecular weight excluding hydrogens is 535 g/mol. The number of ether oxygens (including phenoxy) is 2. The molecule has 210 valence electrons. The van der Waals surface area contributed by atoms with Gasteiger partial charge in [-0.25, -0.2) is 27.9 Å². The molecule has 0 saturated carbocycles. The number of aromatic carboxylic acids is 1. The molecule has 1 N–H and O–H groups in total. The Hall–Kier alpha value is -4.70. The quantitative estimate of drug-likeness (QED) is 0.214. The van der Waals surface area contributed by atoms with E-state index in [9.17, 15) is 14.3 Å². The molecule has 0 atom stereocenters. The first-order chi connectivity index (χ1) is 19.7. The van der Waals surface area contributed by atoms with Gasteiger partial charge in [0.2, 0.25) is 5.88 Å². The lowest BCUT2D eigenvalue weighted by Crippen LogP contribution is -2.10. The number of methoxy groups -OCH3 is 1. The van der Waals surface area contributed by atoms with Gasteiger partial charge in [-0.2, -0.15) is 0 Å². The molecule has 0 unspecified atom stereocenters. The Morgan fingerprint density at radius 1 is 0.951 bits per heavy atom. The number of hydrogen-bond donors (Lipinski definition) is 1. The third kappa shape index (κ3) is 6.07. The molecule has 0 aliphatic heterocycles. The molecule has 0 saturated heterocycles. The van der Waals surface area contributed by atoms with E-state index in [-0.39, 0.29) is 35.7 Å². The van der Waals surface area contributed by atoms with E-state index in [4.69, 9.17) is 9.47 Å². The standard InChI is InChI=1S/C31H26F3N3O4/c1-18-6-7-21(22(32)12-18)17-41-29-5-3-4-26(36-29)30-23(33)13-19(14-24(30)34)15-28-35-25-9-8-20(31(38)39)16-27(25)37(28)10-11-40-2/h3-9,12-14,16H,10-11,15,17H2,1-2H3,(H,38,39). The van der Waals surface area contributed by atoms with Crippen molar-refractivity contribution < 1.29 is 32.5 Å². The van der Waals surface area contributed by atoms with Crippen LogP contribution >= 0.6 is 0 Å². The predicted octanol–water partition coefficient (Wildman–Crippen LogP) is 6.34. The molecule has 5 aromatic rings. The molecule has 0 spiro atoms. The average Bonchev–Trinajstić information content (AvgIpc) is 3.27. The van der Waals surface area contributed by atoms with Gasteiger partial charge >= 0.3 is 5.97 Å². The van der Waals surface area contributed by atoms with Gasteiger partial charge in [0.15, 0.2) is 0 Å². The van der Waals surface area contributed by atoms with Gasteiger partial charge in [-0.05, 0) is 60.5 Å². The van der Waals surface area contributed by atoms with Gasteiger partial charge in [0, 0.05) is 31.7 Å². The van der Waals surface area contributed by atoms with Crippen LogP contribution in [0.4, 0.5) is 13.2 Å². The first-order valence-electron chi connectivity index (χ1n) is 12.8. The van der Waals surface area contributed by atoms with Crippen molar-refractivity contribution in [2.24, 2.45) is 0 Å². The van der Waals surface area contributed by atoms with Crippen molar-refractivity contribution in [3.63, 3.8) is 0 Å². The third-order valence-electron chi connectivity index (χ3n) is 6.62.